The maximum atomic E-state index is 13.2. The molecule has 38 heavy (non-hydrogen) atoms. The second-order valence-electron chi connectivity index (χ2n) is 8.62. The predicted octanol–water partition coefficient (Wildman–Crippen LogP) is 7.74. The fourth-order valence-electron chi connectivity index (χ4n) is 4.04. The number of aliphatic hydroxyl groups is 1. The normalized spacial score (nSPS) is 11.3. The third kappa shape index (κ3) is 5.57. The molecule has 8 heteroatoms. The van der Waals surface area contributed by atoms with Gasteiger partial charge in [0.2, 0.25) is 5.71 Å². The van der Waals surface area contributed by atoms with Crippen molar-refractivity contribution in [2.75, 3.05) is 0 Å². The molecule has 1 radical (unpaired) electrons. The second-order valence-corrected chi connectivity index (χ2v) is 8.62. The summed E-state index contributed by atoms with van der Waals surface area (Å²) >= 11 is 0. The summed E-state index contributed by atoms with van der Waals surface area (Å²) < 4.78 is 25.2. The molecular weight excluding hydrogens is 664 g/mol. The minimum atomic E-state index is -0.280. The Kier molecular flexibility index (Phi) is 7.86. The molecule has 0 saturated heterocycles. The Hall–Kier alpha value is -4.13. The van der Waals surface area contributed by atoms with Crippen molar-refractivity contribution in [1.29, 1.82) is 0 Å². The van der Waals surface area contributed by atoms with E-state index in [0.29, 0.717) is 22.6 Å². The van der Waals surface area contributed by atoms with Crippen molar-refractivity contribution < 1.29 is 43.2 Å². The van der Waals surface area contributed by atoms with E-state index in [9.17, 15) is 9.18 Å². The number of furan rings is 2. The first-order chi connectivity index (χ1) is 17.8. The van der Waals surface area contributed by atoms with Gasteiger partial charge in [-0.15, -0.1) is 18.2 Å². The van der Waals surface area contributed by atoms with Gasteiger partial charge in [-0.25, -0.2) is 9.37 Å². The molecule has 0 spiro atoms. The van der Waals surface area contributed by atoms with Crippen LogP contribution in [0.15, 0.2) is 87.5 Å². The number of nitrogens with zero attached hydrogens (tertiary/aromatic N) is 2. The van der Waals surface area contributed by atoms with Crippen molar-refractivity contribution in [2.45, 2.75) is 20.8 Å². The van der Waals surface area contributed by atoms with Crippen LogP contribution in [0.5, 0.6) is 0 Å². The molecule has 0 aliphatic rings. The first kappa shape index (κ1) is 26.9. The van der Waals surface area contributed by atoms with Crippen molar-refractivity contribution in [3.8, 4) is 22.6 Å². The Balaban J connectivity index is 0.000000375. The molecule has 6 aromatic rings. The number of allylic oxidation sites excluding steroid dienone is 2. The number of rotatable bonds is 3. The molecule has 0 aliphatic carbocycles. The van der Waals surface area contributed by atoms with Crippen LogP contribution < -0.4 is 0 Å². The Morgan fingerprint density at radius 2 is 1.79 bits per heavy atom. The maximum Gasteiger partial charge on any atom is 0.216 e. The third-order valence-electron chi connectivity index (χ3n) is 5.64. The summed E-state index contributed by atoms with van der Waals surface area (Å²) in [7, 11) is 0. The quantitative estimate of drug-likeness (QED) is 0.117. The maximum absolute atomic E-state index is 13.2. The molecule has 0 atom stereocenters. The van der Waals surface area contributed by atoms with E-state index in [0.717, 1.165) is 38.7 Å². The van der Waals surface area contributed by atoms with Gasteiger partial charge >= 0.3 is 0 Å². The zero-order valence-corrected chi connectivity index (χ0v) is 23.1. The number of pyridine rings is 2. The smallest absolute Gasteiger partial charge is 0.216 e. The van der Waals surface area contributed by atoms with Crippen molar-refractivity contribution in [1.82, 2.24) is 9.97 Å². The Morgan fingerprint density at radius 1 is 1.03 bits per heavy atom. The standard InChI is InChI=1S/C25H14FN2O2.C5H8O2.Ir/c1-14-5-10-19-18-3-2-4-20(24(18)30-25(19)28-14)21-11-16-12-22(29-23(16)13-27-21)15-6-8-17(26)9-7-15;1-4(6)3-5(2)7;/h2-3,5-13H,1H3;3,6H,1-2H3;/q-1;;/b;4-3-;. The molecule has 0 fully saturated rings. The second kappa shape index (κ2) is 11.1. The minimum absolute atomic E-state index is 0. The van der Waals surface area contributed by atoms with E-state index in [2.05, 4.69) is 16.0 Å². The number of carbonyl (C=O) groups is 1. The Labute approximate surface area is 231 Å². The van der Waals surface area contributed by atoms with Gasteiger partial charge < -0.3 is 18.9 Å². The number of ketones is 1. The van der Waals surface area contributed by atoms with Crippen molar-refractivity contribution in [3.05, 3.63) is 96.3 Å². The summed E-state index contributed by atoms with van der Waals surface area (Å²) in [5.41, 5.74) is 5.19. The fourth-order valence-corrected chi connectivity index (χ4v) is 4.04. The van der Waals surface area contributed by atoms with Gasteiger partial charge in [0.05, 0.1) is 17.5 Å². The van der Waals surface area contributed by atoms with Crippen LogP contribution in [0.2, 0.25) is 0 Å². The molecule has 1 N–H and O–H groups in total. The number of fused-ring (bicyclic) bond motifs is 4. The molecule has 0 bridgehead atoms. The molecular formula is C30H22FIrN2O4-. The zero-order valence-electron chi connectivity index (χ0n) is 20.7. The number of aliphatic hydroxyl groups excluding tert-OH is 1. The summed E-state index contributed by atoms with van der Waals surface area (Å²) in [5.74, 6) is 0.319. The Bertz CT molecular complexity index is 1800. The average molecular weight is 686 g/mol. The van der Waals surface area contributed by atoms with Crippen LogP contribution in [0.1, 0.15) is 19.5 Å². The van der Waals surface area contributed by atoms with Gasteiger partial charge in [0.15, 0.2) is 11.4 Å². The van der Waals surface area contributed by atoms with E-state index in [4.69, 9.17) is 13.9 Å². The molecule has 0 aliphatic heterocycles. The van der Waals surface area contributed by atoms with Crippen LogP contribution in [0.4, 0.5) is 4.39 Å². The number of aromatic nitrogens is 2. The van der Waals surface area contributed by atoms with E-state index in [1.165, 1.54) is 32.1 Å². The van der Waals surface area contributed by atoms with E-state index in [1.807, 2.05) is 43.3 Å². The number of carbonyl (C=O) groups excluding carboxylic acids is 1. The van der Waals surface area contributed by atoms with Crippen LogP contribution in [0, 0.1) is 18.8 Å². The predicted molar refractivity (Wildman–Crippen MR) is 141 cm³/mol. The first-order valence-electron chi connectivity index (χ1n) is 11.5. The van der Waals surface area contributed by atoms with Gasteiger partial charge in [-0.3, -0.25) is 4.79 Å². The van der Waals surface area contributed by atoms with Crippen LogP contribution >= 0.6 is 0 Å². The molecule has 4 aromatic heterocycles. The van der Waals surface area contributed by atoms with Crippen molar-refractivity contribution in [2.24, 2.45) is 0 Å². The van der Waals surface area contributed by atoms with E-state index in [1.54, 1.807) is 18.3 Å². The summed E-state index contributed by atoms with van der Waals surface area (Å²) in [6.07, 6.45) is 2.86. The molecule has 193 valence electrons. The number of hydrogen-bond acceptors (Lipinski definition) is 6. The summed E-state index contributed by atoms with van der Waals surface area (Å²) in [4.78, 5) is 19.1. The van der Waals surface area contributed by atoms with Crippen LogP contribution in [0.3, 0.4) is 0 Å². The van der Waals surface area contributed by atoms with E-state index in [-0.39, 0.29) is 37.5 Å². The van der Waals surface area contributed by atoms with Gasteiger partial charge in [-0.05, 0) is 68.9 Å². The number of halogens is 1. The van der Waals surface area contributed by atoms with Gasteiger partial charge in [-0.1, -0.05) is 17.0 Å². The average Bonchev–Trinajstić information content (AvgIpc) is 3.44. The van der Waals surface area contributed by atoms with Crippen LogP contribution in [0.25, 0.3) is 55.6 Å². The first-order valence-corrected chi connectivity index (χ1v) is 11.5. The van der Waals surface area contributed by atoms with Crippen LogP contribution in [-0.2, 0) is 24.9 Å². The topological polar surface area (TPSA) is 89.4 Å². The molecule has 4 heterocycles. The number of hydrogen-bond donors (Lipinski definition) is 1. The largest absolute Gasteiger partial charge is 0.512 e. The fraction of sp³-hybridized carbons (Fsp3) is 0.100. The SMILES string of the molecule is CC(=O)/C=C(/C)O.Cc1ccc2c(n1)oc1c(-c3cc4cc(-c5ccc(F)cc5)oc4cn3)[c-]ccc12.[Ir]. The summed E-state index contributed by atoms with van der Waals surface area (Å²) in [6.45, 7) is 4.79. The minimum Gasteiger partial charge on any atom is -0.512 e. The van der Waals surface area contributed by atoms with E-state index >= 15 is 0 Å². The molecule has 6 rings (SSSR count). The zero-order chi connectivity index (χ0) is 26.1. The molecule has 6 nitrogen and oxygen atoms in total. The van der Waals surface area contributed by atoms with Gasteiger partial charge in [0.1, 0.15) is 11.6 Å². The van der Waals surface area contributed by atoms with Crippen LogP contribution in [-0.4, -0.2) is 20.9 Å². The monoisotopic (exact) mass is 686 g/mol. The van der Waals surface area contributed by atoms with Crippen molar-refractivity contribution in [3.63, 3.8) is 0 Å². The molecule has 0 amide bonds. The van der Waals surface area contributed by atoms with E-state index < -0.39 is 0 Å². The molecule has 0 saturated carbocycles. The third-order valence-corrected chi connectivity index (χ3v) is 5.64. The molecule has 0 unspecified atom stereocenters. The van der Waals surface area contributed by atoms with Crippen molar-refractivity contribution >= 4 is 38.8 Å². The summed E-state index contributed by atoms with van der Waals surface area (Å²) in [5, 5.41) is 11.2. The number of aryl methyl sites for hydroxylation is 1. The molecule has 2 aromatic carbocycles. The van der Waals surface area contributed by atoms with Gasteiger partial charge in [0, 0.05) is 48.2 Å². The number of benzene rings is 2. The van der Waals surface area contributed by atoms with Gasteiger partial charge in [0.25, 0.3) is 0 Å². The van der Waals surface area contributed by atoms with Gasteiger partial charge in [-0.2, -0.15) is 0 Å². The summed E-state index contributed by atoms with van der Waals surface area (Å²) in [6, 6.07) is 21.2. The Morgan fingerprint density at radius 3 is 2.47 bits per heavy atom.